The van der Waals surface area contributed by atoms with Gasteiger partial charge in [0.15, 0.2) is 9.84 Å². The Hall–Kier alpha value is -0.780. The van der Waals surface area contributed by atoms with Crippen molar-refractivity contribution in [3.05, 3.63) is 33.8 Å². The molecule has 1 saturated carbocycles. The monoisotopic (exact) mass is 403 g/mol. The van der Waals surface area contributed by atoms with Gasteiger partial charge in [-0.1, -0.05) is 42.1 Å². The van der Waals surface area contributed by atoms with E-state index in [1.807, 2.05) is 4.90 Å². The molecule has 4 nitrogen and oxygen atoms in total. The number of carbonyl (C=O) groups excluding carboxylic acids is 1. The zero-order valence-corrected chi connectivity index (χ0v) is 16.4. The van der Waals surface area contributed by atoms with Crippen LogP contribution in [0.1, 0.15) is 44.1 Å². The topological polar surface area (TPSA) is 54.5 Å². The minimum absolute atomic E-state index is 0.226. The van der Waals surface area contributed by atoms with Crippen molar-refractivity contribution in [2.24, 2.45) is 5.92 Å². The summed E-state index contributed by atoms with van der Waals surface area (Å²) in [7, 11) is -3.58. The van der Waals surface area contributed by atoms with Gasteiger partial charge in [-0.05, 0) is 49.3 Å². The molecule has 2 atom stereocenters. The van der Waals surface area contributed by atoms with Crippen LogP contribution in [0.5, 0.6) is 0 Å². The van der Waals surface area contributed by atoms with Gasteiger partial charge in [-0.25, -0.2) is 8.42 Å². The molecular weight excluding hydrogens is 381 g/mol. The van der Waals surface area contributed by atoms with Gasteiger partial charge in [0.2, 0.25) is 5.91 Å². The Morgan fingerprint density at radius 2 is 1.84 bits per heavy atom. The highest BCUT2D eigenvalue weighted by molar-refractivity contribution is 7.91. The number of hydrogen-bond donors (Lipinski definition) is 0. The molecule has 1 heterocycles. The summed E-state index contributed by atoms with van der Waals surface area (Å²) in [6.07, 6.45) is 6.62. The van der Waals surface area contributed by atoms with Crippen LogP contribution in [-0.4, -0.2) is 37.6 Å². The maximum Gasteiger partial charge on any atom is 0.238 e. The zero-order valence-electron chi connectivity index (χ0n) is 14.1. The van der Waals surface area contributed by atoms with E-state index in [2.05, 4.69) is 0 Å². The van der Waals surface area contributed by atoms with E-state index < -0.39 is 15.6 Å². The summed E-state index contributed by atoms with van der Waals surface area (Å²) >= 11 is 11.9. The number of sulfone groups is 1. The first-order valence-corrected chi connectivity index (χ1v) is 11.4. The summed E-state index contributed by atoms with van der Waals surface area (Å²) in [4.78, 5) is 14.5. The molecule has 2 fully saturated rings. The second kappa shape index (κ2) is 7.85. The Kier molecular flexibility index (Phi) is 5.96. The Morgan fingerprint density at radius 3 is 2.60 bits per heavy atom. The van der Waals surface area contributed by atoms with E-state index in [1.165, 1.54) is 12.5 Å². The molecule has 138 valence electrons. The van der Waals surface area contributed by atoms with Gasteiger partial charge in [-0.3, -0.25) is 4.79 Å². The van der Waals surface area contributed by atoms with Gasteiger partial charge >= 0.3 is 0 Å². The highest BCUT2D eigenvalue weighted by Gasteiger charge is 2.36. The molecule has 0 radical (unpaired) electrons. The quantitative estimate of drug-likeness (QED) is 0.760. The van der Waals surface area contributed by atoms with E-state index in [-0.39, 0.29) is 17.7 Å². The molecule has 1 amide bonds. The fraction of sp³-hybridized carbons (Fsp3) is 0.611. The SMILES string of the molecule is O=C(CS(=O)(=O)Cc1ccc(Cl)cc1Cl)N1CCCC2CCCCC21. The van der Waals surface area contributed by atoms with E-state index in [0.717, 1.165) is 32.1 Å². The number of carbonyl (C=O) groups is 1. The molecule has 0 spiro atoms. The molecule has 0 N–H and O–H groups in total. The van der Waals surface area contributed by atoms with Crippen molar-refractivity contribution in [2.75, 3.05) is 12.3 Å². The normalized spacial score (nSPS) is 24.0. The molecule has 2 aliphatic rings. The summed E-state index contributed by atoms with van der Waals surface area (Å²) in [6.45, 7) is 0.678. The molecule has 3 rings (SSSR count). The molecule has 7 heteroatoms. The fourth-order valence-electron chi connectivity index (χ4n) is 4.13. The van der Waals surface area contributed by atoms with Crippen LogP contribution in [0, 0.1) is 5.92 Å². The maximum atomic E-state index is 12.7. The molecule has 1 aromatic carbocycles. The van der Waals surface area contributed by atoms with E-state index >= 15 is 0 Å². The van der Waals surface area contributed by atoms with E-state index in [9.17, 15) is 13.2 Å². The summed E-state index contributed by atoms with van der Waals surface area (Å²) in [5.74, 6) is -0.409. The molecule has 1 saturated heterocycles. The van der Waals surface area contributed by atoms with Crippen molar-refractivity contribution < 1.29 is 13.2 Å². The highest BCUT2D eigenvalue weighted by Crippen LogP contribution is 2.35. The second-order valence-electron chi connectivity index (χ2n) is 7.11. The first-order valence-electron chi connectivity index (χ1n) is 8.79. The van der Waals surface area contributed by atoms with Gasteiger partial charge in [0.05, 0.1) is 5.75 Å². The van der Waals surface area contributed by atoms with Crippen molar-refractivity contribution >= 4 is 38.9 Å². The molecular formula is C18H23Cl2NO3S. The molecule has 1 aliphatic carbocycles. The lowest BCUT2D eigenvalue weighted by Crippen LogP contribution is -2.51. The Labute approximate surface area is 159 Å². The lowest BCUT2D eigenvalue weighted by Gasteiger charge is -2.44. The number of piperidine rings is 1. The average Bonchev–Trinajstić information content (AvgIpc) is 2.56. The average molecular weight is 404 g/mol. The van der Waals surface area contributed by atoms with Crippen molar-refractivity contribution in [3.63, 3.8) is 0 Å². The fourth-order valence-corrected chi connectivity index (χ4v) is 6.06. The predicted octanol–water partition coefficient (Wildman–Crippen LogP) is 4.09. The molecule has 1 aromatic rings. The second-order valence-corrected chi connectivity index (χ2v) is 10.0. The third kappa shape index (κ3) is 4.69. The van der Waals surface area contributed by atoms with Gasteiger partial charge in [0, 0.05) is 22.6 Å². The zero-order chi connectivity index (χ0) is 18.0. The molecule has 25 heavy (non-hydrogen) atoms. The number of likely N-dealkylation sites (tertiary alicyclic amines) is 1. The Balaban J connectivity index is 1.68. The van der Waals surface area contributed by atoms with Crippen molar-refractivity contribution in [2.45, 2.75) is 50.3 Å². The Bertz CT molecular complexity index is 749. The molecule has 0 aromatic heterocycles. The van der Waals surface area contributed by atoms with Crippen LogP contribution in [0.2, 0.25) is 10.0 Å². The predicted molar refractivity (Wildman–Crippen MR) is 101 cm³/mol. The van der Waals surface area contributed by atoms with Crippen molar-refractivity contribution in [3.8, 4) is 0 Å². The third-order valence-electron chi connectivity index (χ3n) is 5.30. The lowest BCUT2D eigenvalue weighted by atomic mass is 9.78. The maximum absolute atomic E-state index is 12.7. The number of halogens is 2. The van der Waals surface area contributed by atoms with Gasteiger partial charge in [0.25, 0.3) is 0 Å². The summed E-state index contributed by atoms with van der Waals surface area (Å²) < 4.78 is 25.0. The number of nitrogens with zero attached hydrogens (tertiary/aromatic N) is 1. The first kappa shape index (κ1) is 19.0. The third-order valence-corrected chi connectivity index (χ3v) is 7.32. The molecule has 0 bridgehead atoms. The van der Waals surface area contributed by atoms with Crippen LogP contribution in [0.25, 0.3) is 0 Å². The minimum atomic E-state index is -3.58. The van der Waals surface area contributed by atoms with Crippen molar-refractivity contribution in [1.29, 1.82) is 0 Å². The number of rotatable bonds is 4. The van der Waals surface area contributed by atoms with Gasteiger partial charge in [-0.15, -0.1) is 0 Å². The van der Waals surface area contributed by atoms with E-state index in [1.54, 1.807) is 12.1 Å². The summed E-state index contributed by atoms with van der Waals surface area (Å²) in [6, 6.07) is 4.96. The number of fused-ring (bicyclic) bond motifs is 1. The smallest absolute Gasteiger partial charge is 0.238 e. The number of benzene rings is 1. The van der Waals surface area contributed by atoms with Crippen LogP contribution < -0.4 is 0 Å². The molecule has 2 unspecified atom stereocenters. The van der Waals surface area contributed by atoms with E-state index in [4.69, 9.17) is 23.2 Å². The Morgan fingerprint density at radius 1 is 1.12 bits per heavy atom. The molecule has 1 aliphatic heterocycles. The van der Waals surface area contributed by atoms with Crippen molar-refractivity contribution in [1.82, 2.24) is 4.90 Å². The standard InChI is InChI=1S/C18H23Cl2NO3S/c19-15-8-7-14(16(20)10-15)11-25(23,24)12-18(22)21-9-3-5-13-4-1-2-6-17(13)21/h7-8,10,13,17H,1-6,9,11-12H2. The lowest BCUT2D eigenvalue weighted by molar-refractivity contribution is -0.134. The minimum Gasteiger partial charge on any atom is -0.339 e. The van der Waals surface area contributed by atoms with Gasteiger partial charge in [0.1, 0.15) is 5.75 Å². The van der Waals surface area contributed by atoms with Crippen LogP contribution in [0.15, 0.2) is 18.2 Å². The highest BCUT2D eigenvalue weighted by atomic mass is 35.5. The summed E-state index contributed by atoms with van der Waals surface area (Å²) in [5, 5.41) is 0.771. The first-order chi connectivity index (χ1) is 11.9. The van der Waals surface area contributed by atoms with Crippen LogP contribution >= 0.6 is 23.2 Å². The van der Waals surface area contributed by atoms with Crippen LogP contribution in [0.4, 0.5) is 0 Å². The number of hydrogen-bond acceptors (Lipinski definition) is 3. The van der Waals surface area contributed by atoms with Crippen LogP contribution in [0.3, 0.4) is 0 Å². The summed E-state index contributed by atoms with van der Waals surface area (Å²) in [5.41, 5.74) is 0.480. The van der Waals surface area contributed by atoms with Crippen LogP contribution in [-0.2, 0) is 20.4 Å². The van der Waals surface area contributed by atoms with Gasteiger partial charge in [-0.2, -0.15) is 0 Å². The number of amides is 1. The largest absolute Gasteiger partial charge is 0.339 e. The van der Waals surface area contributed by atoms with E-state index in [0.29, 0.717) is 28.1 Å². The van der Waals surface area contributed by atoms with Gasteiger partial charge < -0.3 is 4.90 Å².